The fourth-order valence-corrected chi connectivity index (χ4v) is 2.65. The van der Waals surface area contributed by atoms with Crippen LogP contribution < -0.4 is 5.32 Å². The maximum atomic E-state index is 12.0. The first kappa shape index (κ1) is 13.5. The number of hydrogen-bond donors (Lipinski definition) is 1. The molecule has 2 unspecified atom stereocenters. The first-order valence-electron chi connectivity index (χ1n) is 5.64. The largest absolute Gasteiger partial charge is 0.464 e. The van der Waals surface area contributed by atoms with Crippen LogP contribution >= 0.6 is 0 Å². The van der Waals surface area contributed by atoms with Crippen molar-refractivity contribution in [2.75, 3.05) is 7.05 Å². The minimum absolute atomic E-state index is 0.206. The summed E-state index contributed by atoms with van der Waals surface area (Å²) < 4.78 is 17.5. The van der Waals surface area contributed by atoms with Crippen molar-refractivity contribution in [3.63, 3.8) is 0 Å². The molecule has 0 aliphatic carbocycles. The van der Waals surface area contributed by atoms with Gasteiger partial charge in [-0.2, -0.15) is 0 Å². The normalized spacial score (nSPS) is 15.3. The molecule has 92 valence electrons. The molecule has 0 bridgehead atoms. The lowest BCUT2D eigenvalue weighted by molar-refractivity contribution is 0.466. The molecule has 0 amide bonds. The van der Waals surface area contributed by atoms with Crippen LogP contribution in [0.4, 0.5) is 0 Å². The van der Waals surface area contributed by atoms with Gasteiger partial charge in [0, 0.05) is 16.0 Å². The molecular weight excluding hydrogens is 222 g/mol. The number of furan rings is 1. The molecule has 1 N–H and O–H groups in total. The van der Waals surface area contributed by atoms with E-state index in [0.717, 1.165) is 11.5 Å². The van der Waals surface area contributed by atoms with Gasteiger partial charge in [0.1, 0.15) is 11.5 Å². The summed E-state index contributed by atoms with van der Waals surface area (Å²) >= 11 is 0. The average Bonchev–Trinajstić information content (AvgIpc) is 2.65. The summed E-state index contributed by atoms with van der Waals surface area (Å²) in [6.07, 6.45) is 0. The van der Waals surface area contributed by atoms with Crippen LogP contribution in [-0.2, 0) is 23.1 Å². The van der Waals surface area contributed by atoms with E-state index in [1.54, 1.807) is 0 Å². The van der Waals surface area contributed by atoms with Gasteiger partial charge in [0.15, 0.2) is 0 Å². The van der Waals surface area contributed by atoms with Crippen LogP contribution in [0.1, 0.15) is 32.3 Å². The third-order valence-corrected chi connectivity index (χ3v) is 4.65. The highest BCUT2D eigenvalue weighted by Crippen LogP contribution is 2.15. The molecular formula is C12H21NO2S. The molecule has 0 saturated heterocycles. The Bertz CT molecular complexity index is 347. The van der Waals surface area contributed by atoms with Gasteiger partial charge in [-0.15, -0.1) is 0 Å². The zero-order valence-corrected chi connectivity index (χ0v) is 11.3. The Balaban J connectivity index is 2.56. The lowest BCUT2D eigenvalue weighted by Crippen LogP contribution is -2.18. The van der Waals surface area contributed by atoms with Crippen LogP contribution in [0, 0.1) is 5.92 Å². The first-order chi connectivity index (χ1) is 7.54. The van der Waals surface area contributed by atoms with Crippen molar-refractivity contribution >= 4 is 10.8 Å². The number of rotatable bonds is 6. The standard InChI is InChI=1S/C12H21NO2S/c1-9(2)10(3)16(14)8-12-6-5-11(15-12)7-13-4/h5-6,9-10,13H,7-8H2,1-4H3. The van der Waals surface area contributed by atoms with Gasteiger partial charge in [-0.25, -0.2) is 0 Å². The Morgan fingerprint density at radius 1 is 1.31 bits per heavy atom. The van der Waals surface area contributed by atoms with Crippen molar-refractivity contribution in [2.45, 2.75) is 38.3 Å². The molecule has 0 radical (unpaired) electrons. The topological polar surface area (TPSA) is 42.2 Å². The molecule has 1 rings (SSSR count). The SMILES string of the molecule is CNCc1ccc(CS(=O)C(C)C(C)C)o1. The van der Waals surface area contributed by atoms with Gasteiger partial charge in [0.2, 0.25) is 0 Å². The number of hydrogen-bond acceptors (Lipinski definition) is 3. The molecule has 2 atom stereocenters. The van der Waals surface area contributed by atoms with E-state index in [9.17, 15) is 4.21 Å². The second-order valence-corrected chi connectivity index (χ2v) is 6.17. The lowest BCUT2D eigenvalue weighted by Gasteiger charge is -2.13. The Labute approximate surface area is 100 Å². The third-order valence-electron chi connectivity index (χ3n) is 2.71. The van der Waals surface area contributed by atoms with Crippen molar-refractivity contribution in [3.05, 3.63) is 23.7 Å². The van der Waals surface area contributed by atoms with E-state index in [0.29, 0.717) is 18.2 Å². The van der Waals surface area contributed by atoms with E-state index in [-0.39, 0.29) is 5.25 Å². The molecule has 0 aliphatic heterocycles. The van der Waals surface area contributed by atoms with Crippen molar-refractivity contribution < 1.29 is 8.63 Å². The Hall–Kier alpha value is -0.610. The van der Waals surface area contributed by atoms with Gasteiger partial charge >= 0.3 is 0 Å². The average molecular weight is 243 g/mol. The molecule has 1 aromatic heterocycles. The minimum atomic E-state index is -0.851. The monoisotopic (exact) mass is 243 g/mol. The summed E-state index contributed by atoms with van der Waals surface area (Å²) in [4.78, 5) is 0. The van der Waals surface area contributed by atoms with E-state index < -0.39 is 10.8 Å². The van der Waals surface area contributed by atoms with Crippen LogP contribution in [-0.4, -0.2) is 16.5 Å². The predicted octanol–water partition coefficient (Wildman–Crippen LogP) is 2.29. The Morgan fingerprint density at radius 2 is 1.94 bits per heavy atom. The summed E-state index contributed by atoms with van der Waals surface area (Å²) in [6, 6.07) is 3.85. The van der Waals surface area contributed by atoms with Gasteiger partial charge in [0.05, 0.1) is 12.3 Å². The zero-order chi connectivity index (χ0) is 12.1. The summed E-state index contributed by atoms with van der Waals surface area (Å²) in [5.41, 5.74) is 0. The van der Waals surface area contributed by atoms with Crippen LogP contribution in [0.15, 0.2) is 16.5 Å². The molecule has 1 aromatic rings. The van der Waals surface area contributed by atoms with E-state index in [4.69, 9.17) is 4.42 Å². The zero-order valence-electron chi connectivity index (χ0n) is 10.4. The molecule has 0 aromatic carbocycles. The van der Waals surface area contributed by atoms with E-state index in [1.165, 1.54) is 0 Å². The fraction of sp³-hybridized carbons (Fsp3) is 0.667. The molecule has 4 heteroatoms. The molecule has 0 fully saturated rings. The van der Waals surface area contributed by atoms with Crippen molar-refractivity contribution in [1.82, 2.24) is 5.32 Å². The maximum absolute atomic E-state index is 12.0. The summed E-state index contributed by atoms with van der Waals surface area (Å²) in [7, 11) is 1.03. The molecule has 0 saturated carbocycles. The fourth-order valence-electron chi connectivity index (χ4n) is 1.34. The Kier molecular flexibility index (Phi) is 5.22. The maximum Gasteiger partial charge on any atom is 0.117 e. The minimum Gasteiger partial charge on any atom is -0.464 e. The smallest absolute Gasteiger partial charge is 0.117 e. The molecule has 3 nitrogen and oxygen atoms in total. The summed E-state index contributed by atoms with van der Waals surface area (Å²) in [6.45, 7) is 6.93. The second kappa shape index (κ2) is 6.21. The highest BCUT2D eigenvalue weighted by atomic mass is 32.2. The van der Waals surface area contributed by atoms with E-state index in [2.05, 4.69) is 19.2 Å². The van der Waals surface area contributed by atoms with Crippen molar-refractivity contribution in [1.29, 1.82) is 0 Å². The second-order valence-electron chi connectivity index (χ2n) is 4.37. The lowest BCUT2D eigenvalue weighted by atomic mass is 10.2. The summed E-state index contributed by atoms with van der Waals surface area (Å²) in [5.74, 6) is 2.67. The van der Waals surface area contributed by atoms with Gasteiger partial charge in [0.25, 0.3) is 0 Å². The first-order valence-corrected chi connectivity index (χ1v) is 7.02. The Morgan fingerprint density at radius 3 is 2.50 bits per heavy atom. The van der Waals surface area contributed by atoms with Gasteiger partial charge in [-0.3, -0.25) is 4.21 Å². The van der Waals surface area contributed by atoms with Crippen LogP contribution in [0.2, 0.25) is 0 Å². The predicted molar refractivity (Wildman–Crippen MR) is 67.6 cm³/mol. The van der Waals surface area contributed by atoms with Crippen LogP contribution in [0.3, 0.4) is 0 Å². The van der Waals surface area contributed by atoms with Gasteiger partial charge in [-0.05, 0) is 25.1 Å². The third kappa shape index (κ3) is 3.76. The molecule has 16 heavy (non-hydrogen) atoms. The highest BCUT2D eigenvalue weighted by Gasteiger charge is 2.16. The highest BCUT2D eigenvalue weighted by molar-refractivity contribution is 7.84. The molecule has 0 spiro atoms. The molecule has 1 heterocycles. The van der Waals surface area contributed by atoms with Crippen LogP contribution in [0.5, 0.6) is 0 Å². The van der Waals surface area contributed by atoms with Crippen LogP contribution in [0.25, 0.3) is 0 Å². The van der Waals surface area contributed by atoms with Crippen molar-refractivity contribution in [3.8, 4) is 0 Å². The number of nitrogens with one attached hydrogen (secondary N) is 1. The quantitative estimate of drug-likeness (QED) is 0.833. The van der Waals surface area contributed by atoms with Crippen molar-refractivity contribution in [2.24, 2.45) is 5.92 Å². The van der Waals surface area contributed by atoms with Gasteiger partial charge < -0.3 is 9.73 Å². The summed E-state index contributed by atoms with van der Waals surface area (Å²) in [5, 5.41) is 3.23. The molecule has 0 aliphatic rings. The van der Waals surface area contributed by atoms with E-state index >= 15 is 0 Å². The van der Waals surface area contributed by atoms with E-state index in [1.807, 2.05) is 26.1 Å². The van der Waals surface area contributed by atoms with Gasteiger partial charge in [-0.1, -0.05) is 20.8 Å².